The maximum absolute atomic E-state index is 10.9. The Morgan fingerprint density at radius 1 is 1.78 bits per heavy atom. The molecule has 0 aliphatic heterocycles. The highest BCUT2D eigenvalue weighted by molar-refractivity contribution is 9.10. The highest BCUT2D eigenvalue weighted by Crippen LogP contribution is 2.25. The van der Waals surface area contributed by atoms with Crippen molar-refractivity contribution < 1.29 is 14.8 Å². The molecule has 0 saturated heterocycles. The quantitative estimate of drug-likeness (QED) is 0.486. The molecule has 94 valence electrons. The third-order valence-electron chi connectivity index (χ3n) is 1.97. The molecule has 2 N–H and O–H groups in total. The Labute approximate surface area is 111 Å². The molecule has 1 rings (SSSR count). The molecule has 1 heterocycles. The van der Waals surface area contributed by atoms with Crippen molar-refractivity contribution in [2.45, 2.75) is 12.5 Å². The van der Waals surface area contributed by atoms with Gasteiger partial charge in [0.05, 0.1) is 9.40 Å². The van der Waals surface area contributed by atoms with Gasteiger partial charge in [-0.15, -0.1) is 12.3 Å². The van der Waals surface area contributed by atoms with Crippen molar-refractivity contribution >= 4 is 33.4 Å². The van der Waals surface area contributed by atoms with Crippen LogP contribution in [0.1, 0.15) is 6.42 Å². The van der Waals surface area contributed by atoms with Crippen molar-refractivity contribution in [1.29, 1.82) is 0 Å². The number of carboxylic acid groups (broad SMARTS) is 1. The smallest absolute Gasteiger partial charge is 0.327 e. The molecule has 7 nitrogen and oxygen atoms in total. The first-order valence-electron chi connectivity index (χ1n) is 4.68. The minimum atomic E-state index is -1.12. The summed E-state index contributed by atoms with van der Waals surface area (Å²) in [5, 5.41) is 22.0. The molecule has 1 aromatic rings. The zero-order chi connectivity index (χ0) is 13.7. The van der Waals surface area contributed by atoms with E-state index in [1.165, 1.54) is 6.07 Å². The van der Waals surface area contributed by atoms with Gasteiger partial charge in [-0.05, 0) is 15.9 Å². The van der Waals surface area contributed by atoms with Gasteiger partial charge < -0.3 is 10.4 Å². The zero-order valence-corrected chi connectivity index (χ0v) is 10.5. The minimum Gasteiger partial charge on any atom is -0.480 e. The average molecular weight is 314 g/mol. The first-order chi connectivity index (χ1) is 8.45. The normalized spacial score (nSPS) is 11.3. The largest absolute Gasteiger partial charge is 0.480 e. The number of nitrogens with zero attached hydrogens (tertiary/aromatic N) is 2. The molecule has 0 aliphatic carbocycles. The molecule has 18 heavy (non-hydrogen) atoms. The summed E-state index contributed by atoms with van der Waals surface area (Å²) < 4.78 is 0.292. The van der Waals surface area contributed by atoms with E-state index in [-0.39, 0.29) is 17.9 Å². The molecule has 1 atom stereocenters. The molecule has 0 aliphatic rings. The first kappa shape index (κ1) is 13.9. The minimum absolute atomic E-state index is 0.0273. The predicted octanol–water partition coefficient (Wildman–Crippen LogP) is 1.64. The molecular weight excluding hydrogens is 306 g/mol. The molecule has 0 radical (unpaired) electrons. The van der Waals surface area contributed by atoms with E-state index in [1.54, 1.807) is 0 Å². The second kappa shape index (κ2) is 5.97. The van der Waals surface area contributed by atoms with Gasteiger partial charge in [0.25, 0.3) is 5.69 Å². The lowest BCUT2D eigenvalue weighted by Crippen LogP contribution is -2.29. The Balaban J connectivity index is 2.94. The van der Waals surface area contributed by atoms with Gasteiger partial charge in [-0.3, -0.25) is 10.1 Å². The van der Waals surface area contributed by atoms with Gasteiger partial charge in [0.2, 0.25) is 0 Å². The number of nitrogens with one attached hydrogen (secondary N) is 1. The molecule has 0 amide bonds. The molecule has 0 bridgehead atoms. The molecule has 0 spiro atoms. The summed E-state index contributed by atoms with van der Waals surface area (Å²) >= 11 is 3.07. The fourth-order valence-electron chi connectivity index (χ4n) is 1.12. The molecule has 1 unspecified atom stereocenters. The SMILES string of the molecule is C#CCC(Nc1ncc([N+](=O)[O-])cc1Br)C(=O)O. The van der Waals surface area contributed by atoms with Crippen LogP contribution in [0.25, 0.3) is 0 Å². The van der Waals surface area contributed by atoms with Gasteiger partial charge in [0.15, 0.2) is 0 Å². The Morgan fingerprint density at radius 2 is 2.44 bits per heavy atom. The van der Waals surface area contributed by atoms with Crippen LogP contribution in [0, 0.1) is 22.5 Å². The molecule has 0 saturated carbocycles. The van der Waals surface area contributed by atoms with E-state index in [2.05, 4.69) is 32.2 Å². The van der Waals surface area contributed by atoms with E-state index >= 15 is 0 Å². The zero-order valence-electron chi connectivity index (χ0n) is 8.96. The summed E-state index contributed by atoms with van der Waals surface area (Å²) in [5.74, 6) is 1.28. The number of terminal acetylenes is 1. The van der Waals surface area contributed by atoms with E-state index in [0.717, 1.165) is 6.20 Å². The number of rotatable bonds is 5. The Kier molecular flexibility index (Phi) is 4.62. The van der Waals surface area contributed by atoms with Crippen LogP contribution in [0.5, 0.6) is 0 Å². The first-order valence-corrected chi connectivity index (χ1v) is 5.47. The van der Waals surface area contributed by atoms with Crippen LogP contribution < -0.4 is 5.32 Å². The molecule has 8 heteroatoms. The number of pyridine rings is 1. The number of hydrogen-bond acceptors (Lipinski definition) is 5. The third kappa shape index (κ3) is 3.43. The second-order valence-electron chi connectivity index (χ2n) is 3.22. The molecule has 0 fully saturated rings. The van der Waals surface area contributed by atoms with E-state index in [0.29, 0.717) is 4.47 Å². The van der Waals surface area contributed by atoms with Crippen molar-refractivity contribution in [1.82, 2.24) is 4.98 Å². The van der Waals surface area contributed by atoms with E-state index in [4.69, 9.17) is 11.5 Å². The predicted molar refractivity (Wildman–Crippen MR) is 67.1 cm³/mol. The summed E-state index contributed by atoms with van der Waals surface area (Å²) in [6, 6.07) is 0.227. The summed E-state index contributed by atoms with van der Waals surface area (Å²) in [7, 11) is 0. The Morgan fingerprint density at radius 3 is 2.89 bits per heavy atom. The Hall–Kier alpha value is -2.14. The van der Waals surface area contributed by atoms with Crippen LogP contribution >= 0.6 is 15.9 Å². The lowest BCUT2D eigenvalue weighted by Gasteiger charge is -2.13. The lowest BCUT2D eigenvalue weighted by atomic mass is 10.2. The van der Waals surface area contributed by atoms with Gasteiger partial charge in [0, 0.05) is 12.5 Å². The average Bonchev–Trinajstić information content (AvgIpc) is 2.30. The van der Waals surface area contributed by atoms with Gasteiger partial charge in [0.1, 0.15) is 18.1 Å². The number of halogens is 1. The fraction of sp³-hybridized carbons (Fsp3) is 0.200. The van der Waals surface area contributed by atoms with Crippen LogP contribution in [0.4, 0.5) is 11.5 Å². The summed E-state index contributed by atoms with van der Waals surface area (Å²) in [4.78, 5) is 24.5. The van der Waals surface area contributed by atoms with E-state index in [9.17, 15) is 14.9 Å². The van der Waals surface area contributed by atoms with Crippen molar-refractivity contribution in [2.75, 3.05) is 5.32 Å². The van der Waals surface area contributed by atoms with Crippen molar-refractivity contribution in [3.63, 3.8) is 0 Å². The number of hydrogen-bond donors (Lipinski definition) is 2. The van der Waals surface area contributed by atoms with Crippen molar-refractivity contribution in [3.8, 4) is 12.3 Å². The van der Waals surface area contributed by atoms with Gasteiger partial charge in [-0.1, -0.05) is 0 Å². The topological polar surface area (TPSA) is 105 Å². The fourth-order valence-corrected chi connectivity index (χ4v) is 1.57. The lowest BCUT2D eigenvalue weighted by molar-refractivity contribution is -0.385. The van der Waals surface area contributed by atoms with Crippen LogP contribution in [-0.4, -0.2) is 27.0 Å². The maximum atomic E-state index is 10.9. The summed E-state index contributed by atoms with van der Waals surface area (Å²) in [6.07, 6.45) is 6.05. The third-order valence-corrected chi connectivity index (χ3v) is 2.57. The monoisotopic (exact) mass is 313 g/mol. The van der Waals surface area contributed by atoms with E-state index < -0.39 is 16.9 Å². The van der Waals surface area contributed by atoms with Crippen LogP contribution in [0.3, 0.4) is 0 Å². The number of aliphatic carboxylic acids is 1. The van der Waals surface area contributed by atoms with Crippen LogP contribution in [-0.2, 0) is 4.79 Å². The number of anilines is 1. The standard InChI is InChI=1S/C10H8BrN3O4/c1-2-3-8(10(15)16)13-9-7(11)4-6(5-12-9)14(17)18/h1,4-5,8H,3H2,(H,12,13)(H,15,16). The molecule has 0 aromatic carbocycles. The summed E-state index contributed by atoms with van der Waals surface area (Å²) in [6.45, 7) is 0. The molecule has 1 aromatic heterocycles. The Bertz CT molecular complexity index is 526. The maximum Gasteiger partial charge on any atom is 0.327 e. The van der Waals surface area contributed by atoms with Gasteiger partial charge in [-0.2, -0.15) is 0 Å². The number of nitro groups is 1. The van der Waals surface area contributed by atoms with Gasteiger partial charge >= 0.3 is 5.97 Å². The van der Waals surface area contributed by atoms with Crippen molar-refractivity contribution in [2.24, 2.45) is 0 Å². The second-order valence-corrected chi connectivity index (χ2v) is 4.08. The molecular formula is C10H8BrN3O4. The highest BCUT2D eigenvalue weighted by atomic mass is 79.9. The van der Waals surface area contributed by atoms with Crippen molar-refractivity contribution in [3.05, 3.63) is 26.9 Å². The number of aromatic nitrogens is 1. The van der Waals surface area contributed by atoms with E-state index in [1.807, 2.05) is 0 Å². The number of carboxylic acids is 1. The highest BCUT2D eigenvalue weighted by Gasteiger charge is 2.19. The number of carbonyl (C=O) groups is 1. The van der Waals surface area contributed by atoms with Crippen LogP contribution in [0.2, 0.25) is 0 Å². The summed E-state index contributed by atoms with van der Waals surface area (Å²) in [5.41, 5.74) is -0.198. The van der Waals surface area contributed by atoms with Crippen LogP contribution in [0.15, 0.2) is 16.7 Å². The van der Waals surface area contributed by atoms with Gasteiger partial charge in [-0.25, -0.2) is 9.78 Å².